The van der Waals surface area contributed by atoms with E-state index in [9.17, 15) is 9.59 Å². The van der Waals surface area contributed by atoms with E-state index in [1.165, 1.54) is 13.2 Å². The molecule has 1 aliphatic heterocycles. The molecule has 0 saturated carbocycles. The maximum Gasteiger partial charge on any atom is 0.334 e. The third kappa shape index (κ3) is 2.45. The molecule has 76 valence electrons. The molecule has 0 bridgehead atoms. The zero-order chi connectivity index (χ0) is 10.6. The summed E-state index contributed by atoms with van der Waals surface area (Å²) in [6, 6.07) is 0. The van der Waals surface area contributed by atoms with E-state index in [0.29, 0.717) is 12.2 Å². The highest BCUT2D eigenvalue weighted by atomic mass is 16.5. The van der Waals surface area contributed by atoms with Gasteiger partial charge in [0.25, 0.3) is 0 Å². The molecule has 1 rings (SSSR count). The van der Waals surface area contributed by atoms with Crippen molar-refractivity contribution in [3.8, 4) is 0 Å². The van der Waals surface area contributed by atoms with Crippen LogP contribution in [0.5, 0.6) is 0 Å². The molecule has 1 heterocycles. The number of cyclic esters (lactones) is 1. The first-order valence-corrected chi connectivity index (χ1v) is 4.32. The lowest BCUT2D eigenvalue weighted by atomic mass is 10.0. The molecule has 1 fully saturated rings. The molecular weight excluding hydrogens is 184 g/mol. The lowest BCUT2D eigenvalue weighted by Crippen LogP contribution is -2.00. The fourth-order valence-electron chi connectivity index (χ4n) is 1.21. The van der Waals surface area contributed by atoms with Crippen molar-refractivity contribution >= 4 is 11.9 Å². The zero-order valence-electron chi connectivity index (χ0n) is 8.15. The third-order valence-corrected chi connectivity index (χ3v) is 1.89. The van der Waals surface area contributed by atoms with Gasteiger partial charge in [-0.3, -0.25) is 4.79 Å². The van der Waals surface area contributed by atoms with Crippen LogP contribution in [0.2, 0.25) is 0 Å². The Morgan fingerprint density at radius 1 is 1.64 bits per heavy atom. The second-order valence-electron chi connectivity index (χ2n) is 2.89. The van der Waals surface area contributed by atoms with Crippen molar-refractivity contribution < 1.29 is 19.1 Å². The summed E-state index contributed by atoms with van der Waals surface area (Å²) in [7, 11) is 0. The Morgan fingerprint density at radius 3 is 2.93 bits per heavy atom. The lowest BCUT2D eigenvalue weighted by Gasteiger charge is -1.99. The van der Waals surface area contributed by atoms with Crippen molar-refractivity contribution in [1.29, 1.82) is 0 Å². The van der Waals surface area contributed by atoms with Crippen LogP contribution < -0.4 is 0 Å². The minimum atomic E-state index is -0.381. The van der Waals surface area contributed by atoms with Gasteiger partial charge in [0.15, 0.2) is 0 Å². The van der Waals surface area contributed by atoms with Gasteiger partial charge in [-0.15, -0.1) is 0 Å². The number of hydrogen-bond donors (Lipinski definition) is 0. The molecule has 0 unspecified atom stereocenters. The number of carbonyl (C=O) groups is 2. The Balaban J connectivity index is 2.58. The Hall–Kier alpha value is -1.58. The van der Waals surface area contributed by atoms with Crippen LogP contribution in [-0.2, 0) is 19.1 Å². The van der Waals surface area contributed by atoms with E-state index in [-0.39, 0.29) is 17.9 Å². The summed E-state index contributed by atoms with van der Waals surface area (Å²) in [5.41, 5.74) is 0.605. The molecular formula is C10H12O4. The standard InChI is InChI=1S/C10H12O4/c1-3-9-8(6-14-10(9)12)4-5-13-7(2)11/h3-5,8H,6H2,1-2H3/b5-4+,9-3-/t8-/m1/s1. The van der Waals surface area contributed by atoms with Crippen LogP contribution >= 0.6 is 0 Å². The molecule has 4 nitrogen and oxygen atoms in total. The van der Waals surface area contributed by atoms with E-state index in [2.05, 4.69) is 4.74 Å². The number of allylic oxidation sites excluding steroid dienone is 1. The molecule has 1 atom stereocenters. The predicted octanol–water partition coefficient (Wildman–Crippen LogP) is 1.18. The maximum absolute atomic E-state index is 11.1. The first kappa shape index (κ1) is 10.5. The van der Waals surface area contributed by atoms with Crippen LogP contribution in [0.1, 0.15) is 13.8 Å². The molecule has 0 N–H and O–H groups in total. The van der Waals surface area contributed by atoms with Crippen LogP contribution in [0.25, 0.3) is 0 Å². The average molecular weight is 196 g/mol. The minimum absolute atomic E-state index is 0.105. The number of esters is 2. The first-order chi connectivity index (χ1) is 6.65. The SMILES string of the molecule is C/C=C1\C(=O)OC[C@H]1/C=C/OC(C)=O. The van der Waals surface area contributed by atoms with Crippen molar-refractivity contribution in [2.75, 3.05) is 6.61 Å². The van der Waals surface area contributed by atoms with Gasteiger partial charge in [0.1, 0.15) is 6.61 Å². The maximum atomic E-state index is 11.1. The molecule has 1 saturated heterocycles. The summed E-state index contributed by atoms with van der Waals surface area (Å²) in [5, 5.41) is 0. The second kappa shape index (κ2) is 4.60. The van der Waals surface area contributed by atoms with Crippen LogP contribution in [-0.4, -0.2) is 18.5 Å². The fraction of sp³-hybridized carbons (Fsp3) is 0.400. The summed E-state index contributed by atoms with van der Waals surface area (Å²) in [6.45, 7) is 3.40. The average Bonchev–Trinajstić information content (AvgIpc) is 2.46. The smallest absolute Gasteiger partial charge is 0.334 e. The van der Waals surface area contributed by atoms with Gasteiger partial charge in [0.05, 0.1) is 6.26 Å². The summed E-state index contributed by atoms with van der Waals surface area (Å²) in [4.78, 5) is 21.5. The van der Waals surface area contributed by atoms with Crippen LogP contribution in [0.3, 0.4) is 0 Å². The first-order valence-electron chi connectivity index (χ1n) is 4.32. The van der Waals surface area contributed by atoms with Gasteiger partial charge in [0.2, 0.25) is 0 Å². The fourth-order valence-corrected chi connectivity index (χ4v) is 1.21. The van der Waals surface area contributed by atoms with Crippen molar-refractivity contribution in [2.45, 2.75) is 13.8 Å². The molecule has 1 aliphatic rings. The summed E-state index contributed by atoms with van der Waals surface area (Å²) in [5.74, 6) is -0.787. The Labute approximate surface area is 82.2 Å². The van der Waals surface area contributed by atoms with E-state index in [4.69, 9.17) is 4.74 Å². The van der Waals surface area contributed by atoms with Gasteiger partial charge >= 0.3 is 11.9 Å². The van der Waals surface area contributed by atoms with Crippen LogP contribution in [0.4, 0.5) is 0 Å². The third-order valence-electron chi connectivity index (χ3n) is 1.89. The molecule has 0 aromatic carbocycles. The van der Waals surface area contributed by atoms with Crippen molar-refractivity contribution in [1.82, 2.24) is 0 Å². The summed E-state index contributed by atoms with van der Waals surface area (Å²) < 4.78 is 9.45. The molecule has 4 heteroatoms. The summed E-state index contributed by atoms with van der Waals surface area (Å²) >= 11 is 0. The monoisotopic (exact) mass is 196 g/mol. The van der Waals surface area contributed by atoms with Crippen LogP contribution in [0.15, 0.2) is 24.0 Å². The normalized spacial score (nSPS) is 24.3. The number of hydrogen-bond acceptors (Lipinski definition) is 4. The second-order valence-corrected chi connectivity index (χ2v) is 2.89. The Kier molecular flexibility index (Phi) is 3.45. The zero-order valence-corrected chi connectivity index (χ0v) is 8.15. The largest absolute Gasteiger partial charge is 0.461 e. The molecule has 0 aromatic rings. The van der Waals surface area contributed by atoms with E-state index in [0.717, 1.165) is 0 Å². The summed E-state index contributed by atoms with van der Waals surface area (Å²) in [6.07, 6.45) is 4.64. The van der Waals surface area contributed by atoms with Crippen molar-refractivity contribution in [3.63, 3.8) is 0 Å². The number of carbonyl (C=O) groups excluding carboxylic acids is 2. The highest BCUT2D eigenvalue weighted by molar-refractivity contribution is 5.91. The van der Waals surface area contributed by atoms with Gasteiger partial charge < -0.3 is 9.47 Å². The van der Waals surface area contributed by atoms with Gasteiger partial charge in [-0.25, -0.2) is 4.79 Å². The highest BCUT2D eigenvalue weighted by Gasteiger charge is 2.27. The van der Waals surface area contributed by atoms with E-state index in [1.807, 2.05) is 0 Å². The lowest BCUT2D eigenvalue weighted by molar-refractivity contribution is -0.136. The topological polar surface area (TPSA) is 52.6 Å². The quantitative estimate of drug-likeness (QED) is 0.378. The van der Waals surface area contributed by atoms with Gasteiger partial charge in [-0.05, 0) is 13.0 Å². The van der Waals surface area contributed by atoms with Crippen molar-refractivity contribution in [3.05, 3.63) is 24.0 Å². The molecule has 0 aliphatic carbocycles. The molecule has 0 radical (unpaired) electrons. The number of rotatable bonds is 2. The van der Waals surface area contributed by atoms with Crippen LogP contribution in [0, 0.1) is 5.92 Å². The molecule has 14 heavy (non-hydrogen) atoms. The number of ether oxygens (including phenoxy) is 2. The van der Waals surface area contributed by atoms with Crippen molar-refractivity contribution in [2.24, 2.45) is 5.92 Å². The van der Waals surface area contributed by atoms with Gasteiger partial charge in [0, 0.05) is 18.4 Å². The molecule has 0 spiro atoms. The van der Waals surface area contributed by atoms with Gasteiger partial charge in [-0.1, -0.05) is 6.08 Å². The Bertz CT molecular complexity index is 301. The van der Waals surface area contributed by atoms with E-state index >= 15 is 0 Å². The predicted molar refractivity (Wildman–Crippen MR) is 49.1 cm³/mol. The van der Waals surface area contributed by atoms with Gasteiger partial charge in [-0.2, -0.15) is 0 Å². The molecule has 0 aromatic heterocycles. The highest BCUT2D eigenvalue weighted by Crippen LogP contribution is 2.22. The van der Waals surface area contributed by atoms with E-state index < -0.39 is 0 Å². The molecule has 0 amide bonds. The van der Waals surface area contributed by atoms with E-state index in [1.54, 1.807) is 19.1 Å². The Morgan fingerprint density at radius 2 is 2.36 bits per heavy atom. The minimum Gasteiger partial charge on any atom is -0.461 e.